The third-order valence-corrected chi connectivity index (χ3v) is 5.45. The fourth-order valence-corrected chi connectivity index (χ4v) is 3.86. The number of benzene rings is 1. The Kier molecular flexibility index (Phi) is 7.42. The fourth-order valence-electron chi connectivity index (χ4n) is 3.86. The highest BCUT2D eigenvalue weighted by Crippen LogP contribution is 2.21. The molecule has 1 amide bonds. The normalized spacial score (nSPS) is 20.1. The predicted molar refractivity (Wildman–Crippen MR) is 109 cm³/mol. The Bertz CT molecular complexity index is 748. The van der Waals surface area contributed by atoms with E-state index in [0.717, 1.165) is 45.4 Å². The third kappa shape index (κ3) is 5.10. The van der Waals surface area contributed by atoms with Gasteiger partial charge in [-0.25, -0.2) is 4.68 Å². The second kappa shape index (κ2) is 10.0. The molecule has 2 aromatic rings. The van der Waals surface area contributed by atoms with Gasteiger partial charge in [0.15, 0.2) is 5.69 Å². The molecule has 2 fully saturated rings. The molecule has 2 aliphatic rings. The predicted octanol–water partition coefficient (Wildman–Crippen LogP) is 2.30. The number of piperidine rings is 1. The SMILES string of the molecule is Cl.O=C(c1cn(C2CCNCC2)nn1)N1CCC(COCc2ccccc2)C1. The lowest BCUT2D eigenvalue weighted by atomic mass is 10.1. The lowest BCUT2D eigenvalue weighted by Crippen LogP contribution is -2.30. The molecule has 8 heteroatoms. The minimum Gasteiger partial charge on any atom is -0.376 e. The summed E-state index contributed by atoms with van der Waals surface area (Å²) >= 11 is 0. The number of nitrogens with one attached hydrogen (secondary N) is 1. The summed E-state index contributed by atoms with van der Waals surface area (Å²) in [5, 5.41) is 11.7. The maximum atomic E-state index is 12.7. The van der Waals surface area contributed by atoms with E-state index in [4.69, 9.17) is 4.74 Å². The van der Waals surface area contributed by atoms with Crippen LogP contribution in [0.15, 0.2) is 36.5 Å². The highest BCUT2D eigenvalue weighted by atomic mass is 35.5. The highest BCUT2D eigenvalue weighted by Gasteiger charge is 2.29. The maximum Gasteiger partial charge on any atom is 0.276 e. The van der Waals surface area contributed by atoms with E-state index >= 15 is 0 Å². The third-order valence-electron chi connectivity index (χ3n) is 5.45. The zero-order chi connectivity index (χ0) is 18.5. The summed E-state index contributed by atoms with van der Waals surface area (Å²) < 4.78 is 7.71. The molecular formula is C20H28ClN5O2. The Morgan fingerprint density at radius 1 is 1.18 bits per heavy atom. The van der Waals surface area contributed by atoms with Crippen molar-refractivity contribution in [2.75, 3.05) is 32.8 Å². The van der Waals surface area contributed by atoms with Crippen molar-refractivity contribution >= 4 is 18.3 Å². The molecule has 28 heavy (non-hydrogen) atoms. The molecule has 152 valence electrons. The molecule has 0 spiro atoms. The first-order chi connectivity index (χ1) is 13.3. The molecule has 2 aliphatic heterocycles. The van der Waals surface area contributed by atoms with Gasteiger partial charge in [-0.05, 0) is 37.9 Å². The summed E-state index contributed by atoms with van der Waals surface area (Å²) in [6.07, 6.45) is 4.85. The second-order valence-corrected chi connectivity index (χ2v) is 7.47. The van der Waals surface area contributed by atoms with Crippen molar-refractivity contribution in [1.82, 2.24) is 25.2 Å². The van der Waals surface area contributed by atoms with Crippen LogP contribution in [0.25, 0.3) is 0 Å². The van der Waals surface area contributed by atoms with Gasteiger partial charge in [0.1, 0.15) is 0 Å². The number of nitrogens with zero attached hydrogens (tertiary/aromatic N) is 4. The number of likely N-dealkylation sites (tertiary alicyclic amines) is 1. The molecule has 3 heterocycles. The lowest BCUT2D eigenvalue weighted by Gasteiger charge is -2.22. The van der Waals surface area contributed by atoms with Crippen LogP contribution >= 0.6 is 12.4 Å². The summed E-state index contributed by atoms with van der Waals surface area (Å²) in [5.74, 6) is 0.373. The quantitative estimate of drug-likeness (QED) is 0.798. The number of aromatic nitrogens is 3. The van der Waals surface area contributed by atoms with Crippen molar-refractivity contribution in [1.29, 1.82) is 0 Å². The van der Waals surface area contributed by atoms with Crippen molar-refractivity contribution in [3.63, 3.8) is 0 Å². The van der Waals surface area contributed by atoms with Gasteiger partial charge in [-0.1, -0.05) is 35.5 Å². The van der Waals surface area contributed by atoms with Crippen LogP contribution in [0.3, 0.4) is 0 Å². The molecule has 1 atom stereocenters. The molecule has 1 unspecified atom stereocenters. The van der Waals surface area contributed by atoms with Crippen molar-refractivity contribution in [3.05, 3.63) is 47.8 Å². The fraction of sp³-hybridized carbons (Fsp3) is 0.550. The number of hydrogen-bond donors (Lipinski definition) is 1. The van der Waals surface area contributed by atoms with Gasteiger partial charge in [0, 0.05) is 19.0 Å². The van der Waals surface area contributed by atoms with E-state index in [1.54, 1.807) is 0 Å². The van der Waals surface area contributed by atoms with Crippen LogP contribution in [0.1, 0.15) is 41.4 Å². The second-order valence-electron chi connectivity index (χ2n) is 7.47. The highest BCUT2D eigenvalue weighted by molar-refractivity contribution is 5.92. The van der Waals surface area contributed by atoms with E-state index in [9.17, 15) is 4.79 Å². The molecule has 1 aromatic carbocycles. The summed E-state index contributed by atoms with van der Waals surface area (Å²) in [6, 6.07) is 10.5. The molecular weight excluding hydrogens is 378 g/mol. The molecule has 0 aliphatic carbocycles. The van der Waals surface area contributed by atoms with Gasteiger partial charge in [0.25, 0.3) is 5.91 Å². The Morgan fingerprint density at radius 3 is 2.75 bits per heavy atom. The Balaban J connectivity index is 0.00000225. The first-order valence-corrected chi connectivity index (χ1v) is 9.83. The van der Waals surface area contributed by atoms with Crippen LogP contribution in [-0.4, -0.2) is 58.6 Å². The summed E-state index contributed by atoms with van der Waals surface area (Å²) in [4.78, 5) is 14.6. The average Bonchev–Trinajstić information content (AvgIpc) is 3.39. The molecule has 1 N–H and O–H groups in total. The van der Waals surface area contributed by atoms with E-state index < -0.39 is 0 Å². The number of rotatable bonds is 6. The molecule has 2 saturated heterocycles. The minimum absolute atomic E-state index is 0. The van der Waals surface area contributed by atoms with Crippen molar-refractivity contribution in [3.8, 4) is 0 Å². The molecule has 0 radical (unpaired) electrons. The first kappa shape index (κ1) is 20.8. The summed E-state index contributed by atoms with van der Waals surface area (Å²) in [5.41, 5.74) is 1.64. The van der Waals surface area contributed by atoms with E-state index in [2.05, 4.69) is 27.8 Å². The number of hydrogen-bond acceptors (Lipinski definition) is 5. The van der Waals surface area contributed by atoms with Crippen LogP contribution < -0.4 is 5.32 Å². The van der Waals surface area contributed by atoms with E-state index in [0.29, 0.717) is 30.9 Å². The largest absolute Gasteiger partial charge is 0.376 e. The molecule has 1 aromatic heterocycles. The smallest absolute Gasteiger partial charge is 0.276 e. The van der Waals surface area contributed by atoms with Crippen molar-refractivity contribution in [2.45, 2.75) is 31.9 Å². The van der Waals surface area contributed by atoms with Gasteiger partial charge in [0.05, 0.1) is 25.5 Å². The topological polar surface area (TPSA) is 72.3 Å². The van der Waals surface area contributed by atoms with Gasteiger partial charge in [-0.3, -0.25) is 4.79 Å². The molecule has 0 bridgehead atoms. The lowest BCUT2D eigenvalue weighted by molar-refractivity contribution is 0.0728. The number of ether oxygens (including phenoxy) is 1. The van der Waals surface area contributed by atoms with Crippen LogP contribution in [-0.2, 0) is 11.3 Å². The Morgan fingerprint density at radius 2 is 1.96 bits per heavy atom. The number of amides is 1. The van der Waals surface area contributed by atoms with Gasteiger partial charge in [0.2, 0.25) is 0 Å². The first-order valence-electron chi connectivity index (χ1n) is 9.83. The Labute approximate surface area is 171 Å². The average molecular weight is 406 g/mol. The number of carbonyl (C=O) groups is 1. The van der Waals surface area contributed by atoms with Crippen molar-refractivity contribution < 1.29 is 9.53 Å². The van der Waals surface area contributed by atoms with E-state index in [-0.39, 0.29) is 18.3 Å². The monoisotopic (exact) mass is 405 g/mol. The van der Waals surface area contributed by atoms with Gasteiger partial charge in [-0.15, -0.1) is 17.5 Å². The number of carbonyl (C=O) groups excluding carboxylic acids is 1. The standard InChI is InChI=1S/C20H27N5O2.ClH/c26-20(19-13-25(23-22-19)18-6-9-21-10-7-18)24-11-8-17(12-24)15-27-14-16-4-2-1-3-5-16;/h1-5,13,17-18,21H,6-12,14-15H2;1H. The summed E-state index contributed by atoms with van der Waals surface area (Å²) in [6.45, 7) is 4.78. The molecule has 7 nitrogen and oxygen atoms in total. The zero-order valence-corrected chi connectivity index (χ0v) is 16.8. The van der Waals surface area contributed by atoms with Gasteiger partial charge < -0.3 is 15.0 Å². The van der Waals surface area contributed by atoms with Crippen molar-refractivity contribution in [2.24, 2.45) is 5.92 Å². The van der Waals surface area contributed by atoms with Crippen LogP contribution in [0.2, 0.25) is 0 Å². The van der Waals surface area contributed by atoms with E-state index in [1.165, 1.54) is 5.56 Å². The van der Waals surface area contributed by atoms with E-state index in [1.807, 2.05) is 34.0 Å². The Hall–Kier alpha value is -1.96. The van der Waals surface area contributed by atoms with Crippen LogP contribution in [0.5, 0.6) is 0 Å². The molecule has 4 rings (SSSR count). The van der Waals surface area contributed by atoms with Gasteiger partial charge in [-0.2, -0.15) is 0 Å². The van der Waals surface area contributed by atoms with Gasteiger partial charge >= 0.3 is 0 Å². The van der Waals surface area contributed by atoms with Crippen LogP contribution in [0.4, 0.5) is 0 Å². The van der Waals surface area contributed by atoms with Crippen LogP contribution in [0, 0.1) is 5.92 Å². The summed E-state index contributed by atoms with van der Waals surface area (Å²) in [7, 11) is 0. The molecule has 0 saturated carbocycles. The maximum absolute atomic E-state index is 12.7. The number of halogens is 1. The zero-order valence-electron chi connectivity index (χ0n) is 16.0. The minimum atomic E-state index is -0.0132.